The minimum Gasteiger partial charge on any atom is -0.457 e. The van der Waals surface area contributed by atoms with Crippen molar-refractivity contribution in [2.45, 2.75) is 6.61 Å². The standard InChI is InChI=1S/C8H4ClNO4/c9-6-1-4-3-14-8(11)5(4)2-7(6)10(12)13/h1-2H,3H2. The molecular weight excluding hydrogens is 210 g/mol. The summed E-state index contributed by atoms with van der Waals surface area (Å²) in [5.74, 6) is -0.542. The Kier molecular flexibility index (Phi) is 1.89. The molecular formula is C8H4ClNO4. The molecule has 14 heavy (non-hydrogen) atoms. The Bertz CT molecular complexity index is 442. The molecule has 0 aromatic heterocycles. The molecule has 5 nitrogen and oxygen atoms in total. The average Bonchev–Trinajstić information content (AvgIpc) is 2.46. The van der Waals surface area contributed by atoms with Gasteiger partial charge in [0.25, 0.3) is 5.69 Å². The van der Waals surface area contributed by atoms with E-state index >= 15 is 0 Å². The number of hydrogen-bond donors (Lipinski definition) is 0. The number of carbonyl (C=O) groups excluding carboxylic acids is 1. The van der Waals surface area contributed by atoms with Gasteiger partial charge < -0.3 is 4.74 Å². The first kappa shape index (κ1) is 8.96. The maximum Gasteiger partial charge on any atom is 0.339 e. The van der Waals surface area contributed by atoms with E-state index in [4.69, 9.17) is 16.3 Å². The minimum atomic E-state index is -0.631. The lowest BCUT2D eigenvalue weighted by Gasteiger charge is -1.97. The van der Waals surface area contributed by atoms with E-state index in [1.54, 1.807) is 0 Å². The van der Waals surface area contributed by atoms with Crippen molar-refractivity contribution in [3.8, 4) is 0 Å². The Labute approximate surface area is 83.4 Å². The second-order valence-electron chi connectivity index (χ2n) is 2.79. The van der Waals surface area contributed by atoms with Crippen LogP contribution in [0.5, 0.6) is 0 Å². The molecule has 72 valence electrons. The predicted octanol–water partition coefficient (Wildman–Crippen LogP) is 1.92. The Balaban J connectivity index is 2.62. The lowest BCUT2D eigenvalue weighted by Crippen LogP contribution is -1.96. The predicted molar refractivity (Wildman–Crippen MR) is 47.2 cm³/mol. The third-order valence-corrected chi connectivity index (χ3v) is 2.25. The van der Waals surface area contributed by atoms with E-state index in [1.807, 2.05) is 0 Å². The van der Waals surface area contributed by atoms with Gasteiger partial charge in [0.2, 0.25) is 0 Å². The first-order chi connectivity index (χ1) is 6.59. The van der Waals surface area contributed by atoms with Crippen molar-refractivity contribution in [2.24, 2.45) is 0 Å². The number of nitro groups is 1. The van der Waals surface area contributed by atoms with Crippen LogP contribution in [0, 0.1) is 10.1 Å². The van der Waals surface area contributed by atoms with Gasteiger partial charge in [-0.15, -0.1) is 0 Å². The number of halogens is 1. The smallest absolute Gasteiger partial charge is 0.339 e. The van der Waals surface area contributed by atoms with Crippen LogP contribution in [0.1, 0.15) is 15.9 Å². The van der Waals surface area contributed by atoms with Gasteiger partial charge in [-0.3, -0.25) is 10.1 Å². The van der Waals surface area contributed by atoms with E-state index in [2.05, 4.69) is 0 Å². The van der Waals surface area contributed by atoms with Crippen molar-refractivity contribution in [1.82, 2.24) is 0 Å². The number of ether oxygens (including phenoxy) is 1. The Morgan fingerprint density at radius 2 is 2.21 bits per heavy atom. The summed E-state index contributed by atoms with van der Waals surface area (Å²) in [5, 5.41) is 10.5. The fourth-order valence-electron chi connectivity index (χ4n) is 1.27. The van der Waals surface area contributed by atoms with Crippen molar-refractivity contribution in [1.29, 1.82) is 0 Å². The van der Waals surface area contributed by atoms with Crippen molar-refractivity contribution in [2.75, 3.05) is 0 Å². The van der Waals surface area contributed by atoms with Crippen LogP contribution in [-0.2, 0) is 11.3 Å². The van der Waals surface area contributed by atoms with E-state index in [0.717, 1.165) is 6.07 Å². The molecule has 0 saturated carbocycles. The highest BCUT2D eigenvalue weighted by molar-refractivity contribution is 6.32. The molecule has 0 aliphatic carbocycles. The molecule has 1 aliphatic rings. The summed E-state index contributed by atoms with van der Waals surface area (Å²) in [6.45, 7) is 0.131. The summed E-state index contributed by atoms with van der Waals surface area (Å²) in [5.41, 5.74) is 0.538. The summed E-state index contributed by atoms with van der Waals surface area (Å²) in [6.07, 6.45) is 0. The summed E-state index contributed by atoms with van der Waals surface area (Å²) in [6, 6.07) is 2.53. The van der Waals surface area contributed by atoms with Crippen LogP contribution in [-0.4, -0.2) is 10.9 Å². The fourth-order valence-corrected chi connectivity index (χ4v) is 1.53. The van der Waals surface area contributed by atoms with E-state index in [9.17, 15) is 14.9 Å². The van der Waals surface area contributed by atoms with Gasteiger partial charge in [-0.1, -0.05) is 11.6 Å². The minimum absolute atomic E-state index is 0.0204. The average molecular weight is 214 g/mol. The molecule has 0 bridgehead atoms. The zero-order chi connectivity index (χ0) is 10.3. The molecule has 1 aromatic carbocycles. The molecule has 1 aromatic rings. The monoisotopic (exact) mass is 213 g/mol. The molecule has 6 heteroatoms. The van der Waals surface area contributed by atoms with Gasteiger partial charge in [-0.2, -0.15) is 0 Å². The van der Waals surface area contributed by atoms with Crippen molar-refractivity contribution >= 4 is 23.3 Å². The van der Waals surface area contributed by atoms with Crippen molar-refractivity contribution in [3.05, 3.63) is 38.4 Å². The molecule has 2 rings (SSSR count). The number of nitrogens with zero attached hydrogens (tertiary/aromatic N) is 1. The van der Waals surface area contributed by atoms with Crippen LogP contribution in [0.15, 0.2) is 12.1 Å². The molecule has 1 heterocycles. The Hall–Kier alpha value is -1.62. The SMILES string of the molecule is O=C1OCc2cc(Cl)c([N+](=O)[O-])cc21. The van der Waals surface area contributed by atoms with Gasteiger partial charge in [0, 0.05) is 11.6 Å². The molecule has 0 spiro atoms. The summed E-state index contributed by atoms with van der Waals surface area (Å²) < 4.78 is 4.69. The zero-order valence-corrected chi connectivity index (χ0v) is 7.58. The van der Waals surface area contributed by atoms with Crippen molar-refractivity contribution in [3.63, 3.8) is 0 Å². The molecule has 0 atom stereocenters. The van der Waals surface area contributed by atoms with Gasteiger partial charge in [-0.05, 0) is 6.07 Å². The molecule has 0 N–H and O–H groups in total. The number of esters is 1. The number of fused-ring (bicyclic) bond motifs is 1. The van der Waals surface area contributed by atoms with Crippen LogP contribution in [0.2, 0.25) is 5.02 Å². The van der Waals surface area contributed by atoms with Crippen molar-refractivity contribution < 1.29 is 14.5 Å². The highest BCUT2D eigenvalue weighted by atomic mass is 35.5. The van der Waals surface area contributed by atoms with Gasteiger partial charge in [0.15, 0.2) is 0 Å². The highest BCUT2D eigenvalue weighted by Crippen LogP contribution is 2.31. The Morgan fingerprint density at radius 3 is 2.86 bits per heavy atom. The number of rotatable bonds is 1. The number of benzene rings is 1. The molecule has 0 radical (unpaired) electrons. The van der Waals surface area contributed by atoms with E-state index < -0.39 is 10.9 Å². The number of nitro benzene ring substituents is 1. The van der Waals surface area contributed by atoms with Crippen LogP contribution in [0.3, 0.4) is 0 Å². The molecule has 0 unspecified atom stereocenters. The molecule has 0 fully saturated rings. The van der Waals surface area contributed by atoms with E-state index in [1.165, 1.54) is 6.07 Å². The van der Waals surface area contributed by atoms with Crippen LogP contribution >= 0.6 is 11.6 Å². The van der Waals surface area contributed by atoms with E-state index in [-0.39, 0.29) is 22.9 Å². The highest BCUT2D eigenvalue weighted by Gasteiger charge is 2.26. The zero-order valence-electron chi connectivity index (χ0n) is 6.82. The summed E-state index contributed by atoms with van der Waals surface area (Å²) in [4.78, 5) is 20.9. The van der Waals surface area contributed by atoms with E-state index in [0.29, 0.717) is 5.56 Å². The second kappa shape index (κ2) is 2.95. The largest absolute Gasteiger partial charge is 0.457 e. The third kappa shape index (κ3) is 1.22. The topological polar surface area (TPSA) is 69.4 Å². The summed E-state index contributed by atoms with van der Waals surface area (Å²) in [7, 11) is 0. The van der Waals surface area contributed by atoms with Crippen LogP contribution in [0.4, 0.5) is 5.69 Å². The quantitative estimate of drug-likeness (QED) is 0.406. The number of carbonyl (C=O) groups is 1. The molecule has 0 amide bonds. The number of cyclic esters (lactones) is 1. The fraction of sp³-hybridized carbons (Fsp3) is 0.125. The second-order valence-corrected chi connectivity index (χ2v) is 3.20. The number of hydrogen-bond acceptors (Lipinski definition) is 4. The first-order valence-electron chi connectivity index (χ1n) is 3.73. The Morgan fingerprint density at radius 1 is 1.50 bits per heavy atom. The summed E-state index contributed by atoms with van der Waals surface area (Å²) >= 11 is 5.64. The third-order valence-electron chi connectivity index (χ3n) is 1.95. The van der Waals surface area contributed by atoms with Gasteiger partial charge >= 0.3 is 5.97 Å². The maximum absolute atomic E-state index is 11.1. The van der Waals surface area contributed by atoms with Gasteiger partial charge in [0.05, 0.1) is 10.5 Å². The lowest BCUT2D eigenvalue weighted by molar-refractivity contribution is -0.384. The van der Waals surface area contributed by atoms with Gasteiger partial charge in [0.1, 0.15) is 11.6 Å². The van der Waals surface area contributed by atoms with Gasteiger partial charge in [-0.25, -0.2) is 4.79 Å². The molecule has 0 saturated heterocycles. The first-order valence-corrected chi connectivity index (χ1v) is 4.11. The van der Waals surface area contributed by atoms with Crippen LogP contribution in [0.25, 0.3) is 0 Å². The lowest BCUT2D eigenvalue weighted by atomic mass is 10.1. The maximum atomic E-state index is 11.1. The normalized spacial score (nSPS) is 13.6. The van der Waals surface area contributed by atoms with Crippen LogP contribution < -0.4 is 0 Å². The molecule has 1 aliphatic heterocycles.